The number of carbonyl (C=O) groups excluding carboxylic acids is 1. The number of rotatable bonds is 4. The molecule has 8 heteroatoms. The Morgan fingerprint density at radius 3 is 2.74 bits per heavy atom. The second-order valence-electron chi connectivity index (χ2n) is 7.04. The van der Waals surface area contributed by atoms with Crippen molar-refractivity contribution in [2.75, 3.05) is 29.9 Å². The van der Waals surface area contributed by atoms with Crippen LogP contribution >= 0.6 is 23.7 Å². The first-order chi connectivity index (χ1) is 12.6. The van der Waals surface area contributed by atoms with Gasteiger partial charge in [-0.3, -0.25) is 4.79 Å². The molecule has 0 radical (unpaired) electrons. The molecular weight excluding hydrogens is 384 g/mol. The zero-order valence-corrected chi connectivity index (χ0v) is 17.1. The Kier molecular flexibility index (Phi) is 6.37. The van der Waals surface area contributed by atoms with Crippen LogP contribution in [0, 0.1) is 0 Å². The van der Waals surface area contributed by atoms with Crippen LogP contribution in [-0.4, -0.2) is 48.8 Å². The Hall–Kier alpha value is -1.67. The van der Waals surface area contributed by atoms with Crippen LogP contribution in [0.3, 0.4) is 0 Å². The van der Waals surface area contributed by atoms with Gasteiger partial charge < -0.3 is 20.3 Å². The molecule has 3 atom stereocenters. The minimum Gasteiger partial charge on any atom is -0.372 e. The number of halogens is 1. The lowest BCUT2D eigenvalue weighted by molar-refractivity contribution is -0.119. The molecule has 2 aliphatic rings. The molecule has 1 amide bonds. The van der Waals surface area contributed by atoms with E-state index in [9.17, 15) is 4.79 Å². The van der Waals surface area contributed by atoms with Crippen LogP contribution in [0.5, 0.6) is 0 Å². The van der Waals surface area contributed by atoms with E-state index in [0.717, 1.165) is 37.3 Å². The van der Waals surface area contributed by atoms with Gasteiger partial charge in [0.2, 0.25) is 5.91 Å². The zero-order valence-electron chi connectivity index (χ0n) is 15.5. The summed E-state index contributed by atoms with van der Waals surface area (Å²) in [6.45, 7) is 6.91. The van der Waals surface area contributed by atoms with Crippen molar-refractivity contribution < 1.29 is 9.53 Å². The lowest BCUT2D eigenvalue weighted by atomic mass is 10.1. The predicted octanol–water partition coefficient (Wildman–Crippen LogP) is 3.15. The molecule has 6 nitrogen and oxygen atoms in total. The number of benzene rings is 1. The number of hydrogen-bond donors (Lipinski definition) is 2. The van der Waals surface area contributed by atoms with Crippen LogP contribution < -0.4 is 15.5 Å². The smallest absolute Gasteiger partial charge is 0.243 e. The second-order valence-corrected chi connectivity index (χ2v) is 7.89. The van der Waals surface area contributed by atoms with Crippen molar-refractivity contribution in [2.24, 2.45) is 0 Å². The van der Waals surface area contributed by atoms with Gasteiger partial charge in [0, 0.05) is 29.7 Å². The number of aromatic nitrogens is 1. The normalized spacial score (nSPS) is 24.7. The molecule has 0 aliphatic carbocycles. The molecule has 2 N–H and O–H groups in total. The van der Waals surface area contributed by atoms with Gasteiger partial charge in [0.1, 0.15) is 0 Å². The van der Waals surface area contributed by atoms with E-state index < -0.39 is 0 Å². The monoisotopic (exact) mass is 408 g/mol. The Bertz CT molecular complexity index is 786. The van der Waals surface area contributed by atoms with E-state index in [4.69, 9.17) is 4.74 Å². The molecule has 2 aromatic rings. The molecule has 0 bridgehead atoms. The maximum absolute atomic E-state index is 12.0. The van der Waals surface area contributed by atoms with Gasteiger partial charge in [0.25, 0.3) is 0 Å². The van der Waals surface area contributed by atoms with Crippen LogP contribution in [0.15, 0.2) is 29.6 Å². The molecule has 2 saturated heterocycles. The maximum Gasteiger partial charge on any atom is 0.243 e. The summed E-state index contributed by atoms with van der Waals surface area (Å²) >= 11 is 1.46. The number of nitrogens with one attached hydrogen (secondary N) is 2. The van der Waals surface area contributed by atoms with Crippen molar-refractivity contribution in [3.8, 4) is 11.3 Å². The first kappa shape index (κ1) is 20.1. The number of carbonyl (C=O) groups is 1. The molecule has 1 aromatic heterocycles. The van der Waals surface area contributed by atoms with Crippen molar-refractivity contribution in [3.05, 3.63) is 29.6 Å². The molecule has 4 rings (SSSR count). The van der Waals surface area contributed by atoms with E-state index in [-0.39, 0.29) is 36.6 Å². The molecule has 1 aromatic carbocycles. The number of ether oxygens (including phenoxy) is 1. The summed E-state index contributed by atoms with van der Waals surface area (Å²) in [4.78, 5) is 19.0. The average molecular weight is 409 g/mol. The van der Waals surface area contributed by atoms with Gasteiger partial charge in [-0.1, -0.05) is 12.1 Å². The predicted molar refractivity (Wildman–Crippen MR) is 112 cm³/mol. The fourth-order valence-corrected chi connectivity index (χ4v) is 4.14. The molecule has 0 saturated carbocycles. The van der Waals surface area contributed by atoms with Crippen molar-refractivity contribution >= 4 is 40.5 Å². The molecular formula is C19H25ClN4O2S. The van der Waals surface area contributed by atoms with Crippen molar-refractivity contribution in [1.82, 2.24) is 10.3 Å². The highest BCUT2D eigenvalue weighted by atomic mass is 35.5. The van der Waals surface area contributed by atoms with E-state index in [0.29, 0.717) is 5.13 Å². The standard InChI is InChI=1S/C19H24N4O2S.ClH/c1-12-9-23(10-13(2)25-12)15-5-3-4-14(8-15)17-11-26-19(21-17)22-18(24)16-6-7-20-16;/h3-5,8,11-13,16,20H,6-7,9-10H2,1-2H3,(H,21,22,24);1H/t12-,13+,16-;/m0./s1. The van der Waals surface area contributed by atoms with Gasteiger partial charge in [-0.2, -0.15) is 0 Å². The fourth-order valence-electron chi connectivity index (χ4n) is 3.42. The summed E-state index contributed by atoms with van der Waals surface area (Å²) in [5.41, 5.74) is 3.14. The summed E-state index contributed by atoms with van der Waals surface area (Å²) in [6.07, 6.45) is 1.34. The third kappa shape index (κ3) is 4.60. The van der Waals surface area contributed by atoms with Crippen molar-refractivity contribution in [3.63, 3.8) is 0 Å². The highest BCUT2D eigenvalue weighted by Crippen LogP contribution is 2.29. The van der Waals surface area contributed by atoms with Crippen LogP contribution in [0.4, 0.5) is 10.8 Å². The first-order valence-electron chi connectivity index (χ1n) is 9.09. The molecule has 2 fully saturated rings. The van der Waals surface area contributed by atoms with Crippen LogP contribution in [-0.2, 0) is 9.53 Å². The molecule has 146 valence electrons. The van der Waals surface area contributed by atoms with E-state index in [1.165, 1.54) is 17.0 Å². The van der Waals surface area contributed by atoms with Crippen LogP contribution in [0.1, 0.15) is 20.3 Å². The van der Waals surface area contributed by atoms with Gasteiger partial charge in [-0.15, -0.1) is 23.7 Å². The van der Waals surface area contributed by atoms with Gasteiger partial charge >= 0.3 is 0 Å². The van der Waals surface area contributed by atoms with Crippen molar-refractivity contribution in [2.45, 2.75) is 38.5 Å². The number of nitrogens with zero attached hydrogens (tertiary/aromatic N) is 2. The highest BCUT2D eigenvalue weighted by molar-refractivity contribution is 7.14. The van der Waals surface area contributed by atoms with E-state index in [2.05, 4.69) is 58.6 Å². The Morgan fingerprint density at radius 1 is 1.33 bits per heavy atom. The number of morpholine rings is 1. The Morgan fingerprint density at radius 2 is 2.07 bits per heavy atom. The summed E-state index contributed by atoms with van der Waals surface area (Å²) < 4.78 is 5.83. The average Bonchev–Trinajstić information content (AvgIpc) is 3.01. The largest absolute Gasteiger partial charge is 0.372 e. The maximum atomic E-state index is 12.0. The summed E-state index contributed by atoms with van der Waals surface area (Å²) in [5.74, 6) is 0.00203. The summed E-state index contributed by atoms with van der Waals surface area (Å²) in [6, 6.07) is 8.34. The lowest BCUT2D eigenvalue weighted by Crippen LogP contribution is -2.50. The molecule has 0 unspecified atom stereocenters. The second kappa shape index (κ2) is 8.56. The SMILES string of the molecule is C[C@@H]1CN(c2cccc(-c3csc(NC(=O)[C@@H]4CCN4)n3)c2)C[C@H](C)O1.Cl. The lowest BCUT2D eigenvalue weighted by Gasteiger charge is -2.37. The minimum absolute atomic E-state index is 0. The number of amides is 1. The first-order valence-corrected chi connectivity index (χ1v) is 9.97. The Labute approximate surface area is 169 Å². The van der Waals surface area contributed by atoms with Crippen LogP contribution in [0.25, 0.3) is 11.3 Å². The third-order valence-corrected chi connectivity index (χ3v) is 5.56. The minimum atomic E-state index is -0.0732. The molecule has 0 spiro atoms. The molecule has 27 heavy (non-hydrogen) atoms. The quantitative estimate of drug-likeness (QED) is 0.813. The number of anilines is 2. The zero-order chi connectivity index (χ0) is 18.1. The summed E-state index contributed by atoms with van der Waals surface area (Å²) in [7, 11) is 0. The fraction of sp³-hybridized carbons (Fsp3) is 0.474. The molecule has 3 heterocycles. The van der Waals surface area contributed by atoms with Gasteiger partial charge in [-0.05, 0) is 38.9 Å². The van der Waals surface area contributed by atoms with Gasteiger partial charge in [0.15, 0.2) is 5.13 Å². The number of hydrogen-bond acceptors (Lipinski definition) is 6. The molecule has 2 aliphatic heterocycles. The highest BCUT2D eigenvalue weighted by Gasteiger charge is 2.25. The van der Waals surface area contributed by atoms with Crippen molar-refractivity contribution in [1.29, 1.82) is 0 Å². The number of thiazole rings is 1. The van der Waals surface area contributed by atoms with E-state index >= 15 is 0 Å². The van der Waals surface area contributed by atoms with Gasteiger partial charge in [-0.25, -0.2) is 4.98 Å². The van der Waals surface area contributed by atoms with E-state index in [1.54, 1.807) is 0 Å². The topological polar surface area (TPSA) is 66.5 Å². The van der Waals surface area contributed by atoms with Crippen LogP contribution in [0.2, 0.25) is 0 Å². The summed E-state index contributed by atoms with van der Waals surface area (Å²) in [5, 5.41) is 8.65. The van der Waals surface area contributed by atoms with E-state index in [1.807, 2.05) is 5.38 Å². The van der Waals surface area contributed by atoms with Gasteiger partial charge in [0.05, 0.1) is 23.9 Å². The Balaban J connectivity index is 0.00000210. The third-order valence-electron chi connectivity index (χ3n) is 4.80.